The number of anilines is 2. The number of carbonyl (C=O) groups is 2. The standard InChI is InChI=1S/C23H23ClN8O2S/c1-2-25-23(34)29-18-12-32-19(28-18)7-8-20(30-32)31-10-9-16(11-31)26-21(33)17-13-35-22(27-17)14-3-5-15(24)6-4-14/h3-8,12-13,16H,2,9-11H2,1H3,(H,26,33)(H2,25,29,34)/t16-/m0/s1. The fourth-order valence-corrected chi connectivity index (χ4v) is 4.80. The lowest BCUT2D eigenvalue weighted by Gasteiger charge is -2.17. The summed E-state index contributed by atoms with van der Waals surface area (Å²) in [7, 11) is 0. The summed E-state index contributed by atoms with van der Waals surface area (Å²) in [5.41, 5.74) is 1.96. The highest BCUT2D eigenvalue weighted by atomic mass is 35.5. The summed E-state index contributed by atoms with van der Waals surface area (Å²) in [6.45, 7) is 3.77. The monoisotopic (exact) mass is 510 g/mol. The van der Waals surface area contributed by atoms with Gasteiger partial charge in [0.1, 0.15) is 16.5 Å². The third kappa shape index (κ3) is 5.20. The van der Waals surface area contributed by atoms with E-state index in [1.54, 1.807) is 28.2 Å². The van der Waals surface area contributed by atoms with E-state index in [4.69, 9.17) is 11.6 Å². The predicted molar refractivity (Wildman–Crippen MR) is 136 cm³/mol. The van der Waals surface area contributed by atoms with E-state index in [2.05, 4.69) is 35.9 Å². The molecule has 3 amide bonds. The Morgan fingerprint density at radius 1 is 1.17 bits per heavy atom. The smallest absolute Gasteiger partial charge is 0.320 e. The maximum absolute atomic E-state index is 12.8. The number of nitrogens with one attached hydrogen (secondary N) is 3. The van der Waals surface area contributed by atoms with E-state index in [0.717, 1.165) is 29.4 Å². The lowest BCUT2D eigenvalue weighted by Crippen LogP contribution is -2.37. The summed E-state index contributed by atoms with van der Waals surface area (Å²) in [4.78, 5) is 35.5. The summed E-state index contributed by atoms with van der Waals surface area (Å²) < 4.78 is 1.64. The van der Waals surface area contributed by atoms with Crippen molar-refractivity contribution in [3.63, 3.8) is 0 Å². The zero-order chi connectivity index (χ0) is 24.4. The van der Waals surface area contributed by atoms with Crippen molar-refractivity contribution in [2.24, 2.45) is 0 Å². The molecule has 0 aliphatic carbocycles. The van der Waals surface area contributed by atoms with Crippen LogP contribution in [0.5, 0.6) is 0 Å². The average molecular weight is 511 g/mol. The summed E-state index contributed by atoms with van der Waals surface area (Å²) in [6.07, 6.45) is 2.47. The van der Waals surface area contributed by atoms with Gasteiger partial charge in [-0.15, -0.1) is 16.4 Å². The van der Waals surface area contributed by atoms with Gasteiger partial charge in [-0.05, 0) is 37.6 Å². The van der Waals surface area contributed by atoms with Gasteiger partial charge >= 0.3 is 6.03 Å². The Hall–Kier alpha value is -3.70. The van der Waals surface area contributed by atoms with Crippen LogP contribution in [0.1, 0.15) is 23.8 Å². The van der Waals surface area contributed by atoms with Gasteiger partial charge < -0.3 is 15.5 Å². The predicted octanol–water partition coefficient (Wildman–Crippen LogP) is 3.66. The van der Waals surface area contributed by atoms with Crippen LogP contribution in [-0.2, 0) is 0 Å². The summed E-state index contributed by atoms with van der Waals surface area (Å²) in [5.74, 6) is 1.01. The van der Waals surface area contributed by atoms with Crippen LogP contribution < -0.4 is 20.9 Å². The highest BCUT2D eigenvalue weighted by Gasteiger charge is 2.26. The van der Waals surface area contributed by atoms with Crippen LogP contribution in [0.3, 0.4) is 0 Å². The SMILES string of the molecule is CCNC(=O)Nc1cn2nc(N3CC[C@H](NC(=O)c4csc(-c5ccc(Cl)cc5)n4)C3)ccc2n1. The number of urea groups is 1. The minimum absolute atomic E-state index is 0.0153. The van der Waals surface area contributed by atoms with Gasteiger partial charge in [-0.25, -0.2) is 19.3 Å². The lowest BCUT2D eigenvalue weighted by molar-refractivity contribution is 0.0936. The molecule has 10 nitrogen and oxygen atoms in total. The first-order chi connectivity index (χ1) is 17.0. The molecule has 0 bridgehead atoms. The van der Waals surface area contributed by atoms with E-state index in [1.807, 2.05) is 31.2 Å². The van der Waals surface area contributed by atoms with Crippen LogP contribution in [0.2, 0.25) is 5.02 Å². The van der Waals surface area contributed by atoms with Gasteiger partial charge in [0.2, 0.25) is 0 Å². The van der Waals surface area contributed by atoms with Gasteiger partial charge in [-0.3, -0.25) is 10.1 Å². The first kappa shape index (κ1) is 23.1. The molecule has 0 saturated carbocycles. The number of aromatic nitrogens is 4. The maximum Gasteiger partial charge on any atom is 0.320 e. The van der Waals surface area contributed by atoms with Crippen molar-refractivity contribution < 1.29 is 9.59 Å². The Bertz CT molecular complexity index is 1370. The number of imidazole rings is 1. The highest BCUT2D eigenvalue weighted by Crippen LogP contribution is 2.25. The van der Waals surface area contributed by atoms with Crippen LogP contribution in [0.25, 0.3) is 16.2 Å². The van der Waals surface area contributed by atoms with Crippen molar-refractivity contribution in [3.8, 4) is 10.6 Å². The highest BCUT2D eigenvalue weighted by molar-refractivity contribution is 7.13. The molecule has 180 valence electrons. The van der Waals surface area contributed by atoms with Gasteiger partial charge in [0.25, 0.3) is 5.91 Å². The van der Waals surface area contributed by atoms with Crippen LogP contribution in [0.15, 0.2) is 48.0 Å². The number of amides is 3. The van der Waals surface area contributed by atoms with E-state index < -0.39 is 0 Å². The zero-order valence-corrected chi connectivity index (χ0v) is 20.4. The van der Waals surface area contributed by atoms with Crippen molar-refractivity contribution in [1.29, 1.82) is 0 Å². The van der Waals surface area contributed by atoms with Gasteiger partial charge in [-0.1, -0.05) is 23.7 Å². The maximum atomic E-state index is 12.8. The Morgan fingerprint density at radius 3 is 2.80 bits per heavy atom. The molecule has 0 unspecified atom stereocenters. The van der Waals surface area contributed by atoms with Crippen LogP contribution in [0.4, 0.5) is 16.4 Å². The number of thiazole rings is 1. The van der Waals surface area contributed by atoms with E-state index in [1.165, 1.54) is 11.3 Å². The molecule has 35 heavy (non-hydrogen) atoms. The first-order valence-corrected chi connectivity index (χ1v) is 12.4. The Labute approximate surface area is 210 Å². The quantitative estimate of drug-likeness (QED) is 0.364. The molecule has 1 saturated heterocycles. The molecule has 0 spiro atoms. The van der Waals surface area contributed by atoms with E-state index in [9.17, 15) is 9.59 Å². The second-order valence-electron chi connectivity index (χ2n) is 8.05. The van der Waals surface area contributed by atoms with Gasteiger partial charge in [-0.2, -0.15) is 0 Å². The normalized spacial score (nSPS) is 15.4. The molecule has 12 heteroatoms. The van der Waals surface area contributed by atoms with Crippen LogP contribution in [0, 0.1) is 0 Å². The fourth-order valence-electron chi connectivity index (χ4n) is 3.87. The molecule has 1 fully saturated rings. The number of nitrogens with zero attached hydrogens (tertiary/aromatic N) is 5. The van der Waals surface area contributed by atoms with Crippen molar-refractivity contribution in [2.75, 3.05) is 29.9 Å². The summed E-state index contributed by atoms with van der Waals surface area (Å²) >= 11 is 7.38. The Balaban J connectivity index is 1.21. The van der Waals surface area contributed by atoms with E-state index in [0.29, 0.717) is 35.3 Å². The van der Waals surface area contributed by atoms with E-state index >= 15 is 0 Å². The molecule has 3 aromatic heterocycles. The van der Waals surface area contributed by atoms with Crippen molar-refractivity contribution in [3.05, 3.63) is 58.7 Å². The number of halogens is 1. The Morgan fingerprint density at radius 2 is 2.00 bits per heavy atom. The molecular weight excluding hydrogens is 488 g/mol. The second-order valence-corrected chi connectivity index (χ2v) is 9.35. The number of hydrogen-bond donors (Lipinski definition) is 3. The number of carbonyl (C=O) groups excluding carboxylic acids is 2. The second kappa shape index (κ2) is 9.88. The fraction of sp³-hybridized carbons (Fsp3) is 0.261. The molecule has 1 aliphatic rings. The summed E-state index contributed by atoms with van der Waals surface area (Å²) in [5, 5.41) is 16.3. The summed E-state index contributed by atoms with van der Waals surface area (Å²) in [6, 6.07) is 10.8. The van der Waals surface area contributed by atoms with Gasteiger partial charge in [0, 0.05) is 41.6 Å². The molecule has 1 aliphatic heterocycles. The zero-order valence-electron chi connectivity index (χ0n) is 18.9. The largest absolute Gasteiger partial charge is 0.353 e. The number of hydrogen-bond acceptors (Lipinski definition) is 7. The molecule has 3 N–H and O–H groups in total. The minimum Gasteiger partial charge on any atom is -0.353 e. The molecule has 5 rings (SSSR count). The van der Waals surface area contributed by atoms with Crippen molar-refractivity contribution >= 4 is 52.2 Å². The number of benzene rings is 1. The molecule has 4 aromatic rings. The lowest BCUT2D eigenvalue weighted by atomic mass is 10.2. The third-order valence-electron chi connectivity index (χ3n) is 5.56. The van der Waals surface area contributed by atoms with Crippen LogP contribution in [-0.4, -0.2) is 57.2 Å². The first-order valence-electron chi connectivity index (χ1n) is 11.2. The molecular formula is C23H23ClN8O2S. The van der Waals surface area contributed by atoms with Gasteiger partial charge in [0.15, 0.2) is 11.5 Å². The number of fused-ring (bicyclic) bond motifs is 1. The third-order valence-corrected chi connectivity index (χ3v) is 6.70. The molecule has 1 atom stereocenters. The molecule has 4 heterocycles. The topological polar surface area (TPSA) is 117 Å². The minimum atomic E-state index is -0.311. The van der Waals surface area contributed by atoms with Crippen molar-refractivity contribution in [1.82, 2.24) is 30.2 Å². The van der Waals surface area contributed by atoms with Gasteiger partial charge in [0.05, 0.1) is 6.20 Å². The molecule has 1 aromatic carbocycles. The number of rotatable bonds is 6. The average Bonchev–Trinajstić information content (AvgIpc) is 3.58. The van der Waals surface area contributed by atoms with E-state index in [-0.39, 0.29) is 18.0 Å². The van der Waals surface area contributed by atoms with Crippen LogP contribution >= 0.6 is 22.9 Å². The van der Waals surface area contributed by atoms with Crippen molar-refractivity contribution in [2.45, 2.75) is 19.4 Å². The molecule has 0 radical (unpaired) electrons. The Kier molecular flexibility index (Phi) is 6.51.